The van der Waals surface area contributed by atoms with Crippen LogP contribution in [0.3, 0.4) is 0 Å². The van der Waals surface area contributed by atoms with E-state index >= 15 is 0 Å². The molecule has 0 bridgehead atoms. The largest absolute Gasteiger partial charge is 0.495 e. The number of hydrogen-bond donors (Lipinski definition) is 1. The molecule has 0 aliphatic rings. The average molecular weight is 251 g/mol. The third-order valence-electron chi connectivity index (χ3n) is 2.53. The second kappa shape index (κ2) is 5.10. The number of rotatable bonds is 3. The normalized spacial score (nSPS) is 12.2. The predicted molar refractivity (Wildman–Crippen MR) is 61.2 cm³/mol. The summed E-state index contributed by atoms with van der Waals surface area (Å²) in [4.78, 5) is 3.84. The van der Waals surface area contributed by atoms with E-state index in [9.17, 15) is 13.9 Å². The Morgan fingerprint density at radius 2 is 1.89 bits per heavy atom. The standard InChI is InChI=1S/C13H11F2NO2/c1-18-12-7-16-3-2-11(12)13(17)8-4-9(14)6-10(15)5-8/h2-7,13,17H,1H3. The van der Waals surface area contributed by atoms with Gasteiger partial charge in [0.05, 0.1) is 13.3 Å². The fourth-order valence-electron chi connectivity index (χ4n) is 1.70. The third-order valence-corrected chi connectivity index (χ3v) is 2.53. The fraction of sp³-hybridized carbons (Fsp3) is 0.154. The van der Waals surface area contributed by atoms with Gasteiger partial charge in [0.15, 0.2) is 0 Å². The molecule has 0 saturated carbocycles. The Kier molecular flexibility index (Phi) is 3.53. The van der Waals surface area contributed by atoms with Crippen molar-refractivity contribution < 1.29 is 18.6 Å². The van der Waals surface area contributed by atoms with E-state index in [1.165, 1.54) is 25.6 Å². The summed E-state index contributed by atoms with van der Waals surface area (Å²) in [7, 11) is 1.43. The van der Waals surface area contributed by atoms with Crippen molar-refractivity contribution in [3.05, 3.63) is 59.4 Å². The zero-order valence-corrected chi connectivity index (χ0v) is 9.60. The SMILES string of the molecule is COc1cnccc1C(O)c1cc(F)cc(F)c1. The minimum Gasteiger partial charge on any atom is -0.495 e. The van der Waals surface area contributed by atoms with Crippen molar-refractivity contribution in [1.29, 1.82) is 0 Å². The molecule has 2 aromatic rings. The molecule has 1 N–H and O–H groups in total. The molecular formula is C13H11F2NO2. The first-order valence-corrected chi connectivity index (χ1v) is 5.24. The Bertz CT molecular complexity index is 540. The summed E-state index contributed by atoms with van der Waals surface area (Å²) in [6.45, 7) is 0. The van der Waals surface area contributed by atoms with Gasteiger partial charge in [0.2, 0.25) is 0 Å². The van der Waals surface area contributed by atoms with Crippen molar-refractivity contribution in [3.8, 4) is 5.75 Å². The highest BCUT2D eigenvalue weighted by atomic mass is 19.1. The summed E-state index contributed by atoms with van der Waals surface area (Å²) in [6, 6.07) is 4.44. The second-order valence-corrected chi connectivity index (χ2v) is 3.72. The lowest BCUT2D eigenvalue weighted by molar-refractivity contribution is 0.213. The van der Waals surface area contributed by atoms with Crippen LogP contribution in [0.2, 0.25) is 0 Å². The maximum Gasteiger partial charge on any atom is 0.143 e. The van der Waals surface area contributed by atoms with E-state index in [1.54, 1.807) is 0 Å². The molecule has 0 spiro atoms. The average Bonchev–Trinajstić information content (AvgIpc) is 2.36. The first-order chi connectivity index (χ1) is 8.61. The molecule has 1 unspecified atom stereocenters. The van der Waals surface area contributed by atoms with Crippen molar-refractivity contribution in [2.75, 3.05) is 7.11 Å². The Balaban J connectivity index is 2.44. The number of aromatic nitrogens is 1. The summed E-state index contributed by atoms with van der Waals surface area (Å²) >= 11 is 0. The topological polar surface area (TPSA) is 42.4 Å². The van der Waals surface area contributed by atoms with Gasteiger partial charge >= 0.3 is 0 Å². The molecule has 0 fully saturated rings. The molecule has 0 saturated heterocycles. The molecule has 94 valence electrons. The number of benzene rings is 1. The van der Waals surface area contributed by atoms with E-state index in [4.69, 9.17) is 4.74 Å². The number of halogens is 2. The Hall–Kier alpha value is -2.01. The highest BCUT2D eigenvalue weighted by Gasteiger charge is 2.16. The molecule has 18 heavy (non-hydrogen) atoms. The van der Waals surface area contributed by atoms with Crippen molar-refractivity contribution in [1.82, 2.24) is 4.98 Å². The molecular weight excluding hydrogens is 240 g/mol. The van der Waals surface area contributed by atoms with Gasteiger partial charge in [-0.15, -0.1) is 0 Å². The van der Waals surface area contributed by atoms with Gasteiger partial charge in [0.25, 0.3) is 0 Å². The molecule has 1 aromatic heterocycles. The van der Waals surface area contributed by atoms with Crippen LogP contribution in [0.25, 0.3) is 0 Å². The highest BCUT2D eigenvalue weighted by Crippen LogP contribution is 2.29. The molecule has 5 heteroatoms. The maximum atomic E-state index is 13.1. The molecule has 0 amide bonds. The fourth-order valence-corrected chi connectivity index (χ4v) is 1.70. The molecule has 1 heterocycles. The zero-order chi connectivity index (χ0) is 13.1. The van der Waals surface area contributed by atoms with E-state index in [-0.39, 0.29) is 5.56 Å². The maximum absolute atomic E-state index is 13.1. The summed E-state index contributed by atoms with van der Waals surface area (Å²) in [5.74, 6) is -1.12. The first kappa shape index (κ1) is 12.4. The van der Waals surface area contributed by atoms with E-state index < -0.39 is 17.7 Å². The van der Waals surface area contributed by atoms with Crippen molar-refractivity contribution >= 4 is 0 Å². The second-order valence-electron chi connectivity index (χ2n) is 3.72. The van der Waals surface area contributed by atoms with Gasteiger partial charge in [0, 0.05) is 17.8 Å². The van der Waals surface area contributed by atoms with Crippen LogP contribution in [0.15, 0.2) is 36.7 Å². The van der Waals surface area contributed by atoms with Gasteiger partial charge in [-0.05, 0) is 23.8 Å². The highest BCUT2D eigenvalue weighted by molar-refractivity contribution is 5.38. The van der Waals surface area contributed by atoms with Crippen molar-refractivity contribution in [3.63, 3.8) is 0 Å². The molecule has 1 aromatic carbocycles. The molecule has 0 radical (unpaired) electrons. The van der Waals surface area contributed by atoms with Crippen LogP contribution in [0.1, 0.15) is 17.2 Å². The monoisotopic (exact) mass is 251 g/mol. The Morgan fingerprint density at radius 1 is 1.22 bits per heavy atom. The summed E-state index contributed by atoms with van der Waals surface area (Å²) in [5, 5.41) is 10.1. The van der Waals surface area contributed by atoms with Crippen LogP contribution in [0.5, 0.6) is 5.75 Å². The van der Waals surface area contributed by atoms with Gasteiger partial charge in [-0.2, -0.15) is 0 Å². The Morgan fingerprint density at radius 3 is 2.50 bits per heavy atom. The van der Waals surface area contributed by atoms with Gasteiger partial charge in [-0.25, -0.2) is 8.78 Å². The number of pyridine rings is 1. The van der Waals surface area contributed by atoms with Gasteiger partial charge in [-0.3, -0.25) is 4.98 Å². The van der Waals surface area contributed by atoms with Crippen LogP contribution in [0.4, 0.5) is 8.78 Å². The molecule has 3 nitrogen and oxygen atoms in total. The minimum atomic E-state index is -1.17. The van der Waals surface area contributed by atoms with Crippen molar-refractivity contribution in [2.24, 2.45) is 0 Å². The summed E-state index contributed by atoms with van der Waals surface area (Å²) in [6.07, 6.45) is 1.72. The zero-order valence-electron chi connectivity index (χ0n) is 9.60. The number of ether oxygens (including phenoxy) is 1. The van der Waals surface area contributed by atoms with Crippen LogP contribution in [-0.4, -0.2) is 17.2 Å². The van der Waals surface area contributed by atoms with Gasteiger partial charge < -0.3 is 9.84 Å². The number of hydrogen-bond acceptors (Lipinski definition) is 3. The van der Waals surface area contributed by atoms with Crippen LogP contribution < -0.4 is 4.74 Å². The van der Waals surface area contributed by atoms with Crippen LogP contribution >= 0.6 is 0 Å². The van der Waals surface area contributed by atoms with Crippen LogP contribution in [-0.2, 0) is 0 Å². The lowest BCUT2D eigenvalue weighted by Crippen LogP contribution is -2.03. The minimum absolute atomic E-state index is 0.122. The van der Waals surface area contributed by atoms with Crippen molar-refractivity contribution in [2.45, 2.75) is 6.10 Å². The number of methoxy groups -OCH3 is 1. The van der Waals surface area contributed by atoms with Gasteiger partial charge in [0.1, 0.15) is 23.5 Å². The van der Waals surface area contributed by atoms with Gasteiger partial charge in [-0.1, -0.05) is 0 Å². The third kappa shape index (κ3) is 2.46. The molecule has 2 rings (SSSR count). The lowest BCUT2D eigenvalue weighted by Gasteiger charge is -2.14. The molecule has 1 atom stereocenters. The summed E-state index contributed by atoms with van der Waals surface area (Å²) in [5.41, 5.74) is 0.523. The summed E-state index contributed by atoms with van der Waals surface area (Å²) < 4.78 is 31.2. The quantitative estimate of drug-likeness (QED) is 0.911. The van der Waals surface area contributed by atoms with E-state index in [2.05, 4.69) is 4.98 Å². The van der Waals surface area contributed by atoms with E-state index in [0.717, 1.165) is 18.2 Å². The number of aliphatic hydroxyl groups is 1. The van der Waals surface area contributed by atoms with E-state index in [1.807, 2.05) is 0 Å². The molecule has 0 aliphatic carbocycles. The molecule has 0 aliphatic heterocycles. The number of nitrogens with zero attached hydrogens (tertiary/aromatic N) is 1. The smallest absolute Gasteiger partial charge is 0.143 e. The first-order valence-electron chi connectivity index (χ1n) is 5.24. The predicted octanol–water partition coefficient (Wildman–Crippen LogP) is 2.45. The Labute approximate surface area is 103 Å². The van der Waals surface area contributed by atoms with E-state index in [0.29, 0.717) is 11.3 Å². The van der Waals surface area contributed by atoms with Crippen LogP contribution in [0, 0.1) is 11.6 Å². The lowest BCUT2D eigenvalue weighted by atomic mass is 10.0. The number of aliphatic hydroxyl groups excluding tert-OH is 1.